The lowest BCUT2D eigenvalue weighted by Crippen LogP contribution is -2.34. The maximum atomic E-state index is 13.4. The van der Waals surface area contributed by atoms with Crippen LogP contribution < -0.4 is 9.80 Å². The van der Waals surface area contributed by atoms with Gasteiger partial charge in [-0.15, -0.1) is 11.3 Å². The minimum atomic E-state index is -0.448. The number of rotatable bonds is 4. The predicted octanol–water partition coefficient (Wildman–Crippen LogP) is 4.82. The molecule has 0 aliphatic carbocycles. The number of thiazole rings is 1. The molecule has 1 saturated heterocycles. The summed E-state index contributed by atoms with van der Waals surface area (Å²) in [5.74, 6) is -0.654. The topological polar surface area (TPSA) is 53.5 Å². The largest absolute Gasteiger partial charge is 0.312 e. The van der Waals surface area contributed by atoms with Gasteiger partial charge in [0.1, 0.15) is 0 Å². The van der Waals surface area contributed by atoms with Crippen LogP contribution in [0.2, 0.25) is 5.02 Å². The fourth-order valence-corrected chi connectivity index (χ4v) is 4.31. The van der Waals surface area contributed by atoms with E-state index < -0.39 is 5.92 Å². The number of benzene rings is 2. The average Bonchev–Trinajstić information content (AvgIpc) is 3.29. The summed E-state index contributed by atoms with van der Waals surface area (Å²) < 4.78 is 0. The quantitative estimate of drug-likeness (QED) is 0.618. The summed E-state index contributed by atoms with van der Waals surface area (Å²) in [5, 5.41) is 3.09. The Hall–Kier alpha value is -2.70. The van der Waals surface area contributed by atoms with E-state index in [0.717, 1.165) is 11.4 Å². The van der Waals surface area contributed by atoms with Crippen molar-refractivity contribution in [2.75, 3.05) is 16.3 Å². The van der Waals surface area contributed by atoms with Gasteiger partial charge in [0.15, 0.2) is 5.13 Å². The Morgan fingerprint density at radius 3 is 2.68 bits per heavy atom. The highest BCUT2D eigenvalue weighted by Crippen LogP contribution is 2.34. The molecule has 0 spiro atoms. The molecule has 1 fully saturated rings. The van der Waals surface area contributed by atoms with E-state index in [1.807, 2.05) is 48.7 Å². The number of nitrogens with zero attached hydrogens (tertiary/aromatic N) is 3. The van der Waals surface area contributed by atoms with Crippen molar-refractivity contribution in [1.82, 2.24) is 4.98 Å². The van der Waals surface area contributed by atoms with Crippen LogP contribution in [-0.4, -0.2) is 23.3 Å². The Morgan fingerprint density at radius 1 is 1.21 bits per heavy atom. The smallest absolute Gasteiger partial charge is 0.238 e. The Kier molecular flexibility index (Phi) is 5.15. The highest BCUT2D eigenvalue weighted by molar-refractivity contribution is 7.14. The van der Waals surface area contributed by atoms with Crippen LogP contribution in [0.25, 0.3) is 0 Å². The zero-order valence-electron chi connectivity index (χ0n) is 15.2. The number of halogens is 1. The normalized spacial score (nSPS) is 16.4. The SMILES string of the molecule is Cc1csc(N(C(=O)C2CC(=O)N(c3cccc(Cl)c3)C2)c2ccccc2)n1. The lowest BCUT2D eigenvalue weighted by atomic mass is 10.1. The van der Waals surface area contributed by atoms with Crippen LogP contribution in [0.3, 0.4) is 0 Å². The molecule has 3 aromatic rings. The standard InChI is InChI=1S/C21H18ClN3O2S/c1-14-13-28-21(23-14)25(17-7-3-2-4-8-17)20(27)15-10-19(26)24(12-15)18-9-5-6-16(22)11-18/h2-9,11,13,15H,10,12H2,1H3. The fraction of sp³-hybridized carbons (Fsp3) is 0.190. The summed E-state index contributed by atoms with van der Waals surface area (Å²) in [6, 6.07) is 16.5. The summed E-state index contributed by atoms with van der Waals surface area (Å²) in [6.07, 6.45) is 0.166. The number of carbonyl (C=O) groups excluding carboxylic acids is 2. The second-order valence-corrected chi connectivity index (χ2v) is 7.94. The molecular weight excluding hydrogens is 394 g/mol. The van der Waals surface area contributed by atoms with Gasteiger partial charge in [0, 0.05) is 29.1 Å². The first-order valence-corrected chi connectivity index (χ1v) is 10.2. The van der Waals surface area contributed by atoms with Crippen molar-refractivity contribution in [3.63, 3.8) is 0 Å². The van der Waals surface area contributed by atoms with E-state index in [9.17, 15) is 9.59 Å². The molecule has 2 heterocycles. The van der Waals surface area contributed by atoms with E-state index in [0.29, 0.717) is 22.4 Å². The van der Waals surface area contributed by atoms with E-state index in [-0.39, 0.29) is 18.2 Å². The van der Waals surface area contributed by atoms with Crippen molar-refractivity contribution >= 4 is 51.3 Å². The van der Waals surface area contributed by atoms with Crippen LogP contribution in [0.5, 0.6) is 0 Å². The summed E-state index contributed by atoms with van der Waals surface area (Å²) in [4.78, 5) is 33.8. The minimum absolute atomic E-state index is 0.0797. The molecule has 0 saturated carbocycles. The predicted molar refractivity (Wildman–Crippen MR) is 112 cm³/mol. The van der Waals surface area contributed by atoms with Crippen molar-refractivity contribution in [3.05, 3.63) is 70.7 Å². The fourth-order valence-electron chi connectivity index (χ4n) is 3.30. The number of anilines is 3. The minimum Gasteiger partial charge on any atom is -0.312 e. The van der Waals surface area contributed by atoms with Crippen LogP contribution in [-0.2, 0) is 9.59 Å². The average molecular weight is 412 g/mol. The van der Waals surface area contributed by atoms with Crippen molar-refractivity contribution in [2.24, 2.45) is 5.92 Å². The molecule has 1 atom stereocenters. The van der Waals surface area contributed by atoms with Crippen LogP contribution in [0.1, 0.15) is 12.1 Å². The van der Waals surface area contributed by atoms with Gasteiger partial charge in [-0.25, -0.2) is 4.98 Å². The first kappa shape index (κ1) is 18.7. The molecule has 0 N–H and O–H groups in total. The Labute approximate surface area is 172 Å². The van der Waals surface area contributed by atoms with E-state index in [4.69, 9.17) is 11.6 Å². The molecule has 1 aliphatic rings. The van der Waals surface area contributed by atoms with Crippen LogP contribution in [0, 0.1) is 12.8 Å². The zero-order valence-corrected chi connectivity index (χ0v) is 16.8. The van der Waals surface area contributed by atoms with Gasteiger partial charge < -0.3 is 4.90 Å². The maximum absolute atomic E-state index is 13.4. The second kappa shape index (κ2) is 7.73. The molecule has 28 heavy (non-hydrogen) atoms. The molecule has 142 valence electrons. The van der Waals surface area contributed by atoms with Gasteiger partial charge >= 0.3 is 0 Å². The van der Waals surface area contributed by atoms with Gasteiger partial charge in [-0.05, 0) is 37.3 Å². The van der Waals surface area contributed by atoms with E-state index in [1.54, 1.807) is 28.0 Å². The van der Waals surface area contributed by atoms with Gasteiger partial charge in [0.25, 0.3) is 0 Å². The van der Waals surface area contributed by atoms with E-state index >= 15 is 0 Å². The molecule has 4 rings (SSSR count). The number of hydrogen-bond donors (Lipinski definition) is 0. The van der Waals surface area contributed by atoms with Crippen molar-refractivity contribution < 1.29 is 9.59 Å². The molecule has 1 aromatic heterocycles. The summed E-state index contributed by atoms with van der Waals surface area (Å²) in [7, 11) is 0. The molecule has 0 bridgehead atoms. The number of para-hydroxylation sites is 1. The highest BCUT2D eigenvalue weighted by atomic mass is 35.5. The molecule has 1 aliphatic heterocycles. The van der Waals surface area contributed by atoms with Crippen molar-refractivity contribution in [1.29, 1.82) is 0 Å². The van der Waals surface area contributed by atoms with Gasteiger partial charge in [-0.2, -0.15) is 0 Å². The van der Waals surface area contributed by atoms with E-state index in [2.05, 4.69) is 4.98 Å². The van der Waals surface area contributed by atoms with E-state index in [1.165, 1.54) is 11.3 Å². The number of amides is 2. The zero-order chi connectivity index (χ0) is 19.7. The third-order valence-electron chi connectivity index (χ3n) is 4.63. The molecule has 1 unspecified atom stereocenters. The van der Waals surface area contributed by atoms with Crippen LogP contribution >= 0.6 is 22.9 Å². The number of carbonyl (C=O) groups is 2. The molecule has 7 heteroatoms. The molecular formula is C21H18ClN3O2S. The van der Waals surface area contributed by atoms with Gasteiger partial charge in [-0.1, -0.05) is 35.9 Å². The van der Waals surface area contributed by atoms with Crippen LogP contribution in [0.15, 0.2) is 60.0 Å². The Balaban J connectivity index is 1.63. The number of aryl methyl sites for hydroxylation is 1. The summed E-state index contributed by atoms with van der Waals surface area (Å²) in [6.45, 7) is 2.22. The lowest BCUT2D eigenvalue weighted by molar-refractivity contribution is -0.123. The lowest BCUT2D eigenvalue weighted by Gasteiger charge is -2.23. The molecule has 5 nitrogen and oxygen atoms in total. The third-order valence-corrected chi connectivity index (χ3v) is 5.81. The second-order valence-electron chi connectivity index (χ2n) is 6.67. The monoisotopic (exact) mass is 411 g/mol. The first-order chi connectivity index (χ1) is 13.5. The number of hydrogen-bond acceptors (Lipinski definition) is 4. The molecule has 2 aromatic carbocycles. The van der Waals surface area contributed by atoms with Gasteiger partial charge in [-0.3, -0.25) is 14.5 Å². The molecule has 2 amide bonds. The number of aromatic nitrogens is 1. The Bertz CT molecular complexity index is 1020. The third kappa shape index (κ3) is 3.66. The molecule has 0 radical (unpaired) electrons. The van der Waals surface area contributed by atoms with Crippen LogP contribution in [0.4, 0.5) is 16.5 Å². The van der Waals surface area contributed by atoms with Crippen molar-refractivity contribution in [2.45, 2.75) is 13.3 Å². The highest BCUT2D eigenvalue weighted by Gasteiger charge is 2.38. The first-order valence-electron chi connectivity index (χ1n) is 8.90. The van der Waals surface area contributed by atoms with Gasteiger partial charge in [0.2, 0.25) is 11.8 Å². The van der Waals surface area contributed by atoms with Crippen molar-refractivity contribution in [3.8, 4) is 0 Å². The summed E-state index contributed by atoms with van der Waals surface area (Å²) >= 11 is 7.48. The maximum Gasteiger partial charge on any atom is 0.238 e. The Morgan fingerprint density at radius 2 is 2.00 bits per heavy atom. The summed E-state index contributed by atoms with van der Waals surface area (Å²) in [5.41, 5.74) is 2.32. The van der Waals surface area contributed by atoms with Gasteiger partial charge in [0.05, 0.1) is 17.3 Å².